The number of rotatable bonds is 6. The summed E-state index contributed by atoms with van der Waals surface area (Å²) in [6.07, 6.45) is 2.99. The van der Waals surface area contributed by atoms with E-state index in [-0.39, 0.29) is 5.91 Å². The van der Waals surface area contributed by atoms with Crippen LogP contribution in [0.15, 0.2) is 30.6 Å². The number of ether oxygens (including phenoxy) is 1. The molecule has 6 nitrogen and oxygen atoms in total. The third-order valence-electron chi connectivity index (χ3n) is 3.17. The van der Waals surface area contributed by atoms with Gasteiger partial charge in [0.2, 0.25) is 0 Å². The fourth-order valence-electron chi connectivity index (χ4n) is 1.95. The molecule has 0 unspecified atom stereocenters. The average molecular weight is 314 g/mol. The van der Waals surface area contributed by atoms with Crippen LogP contribution in [-0.4, -0.2) is 29.5 Å². The summed E-state index contributed by atoms with van der Waals surface area (Å²) in [6, 6.07) is 5.82. The van der Waals surface area contributed by atoms with Crippen LogP contribution in [0.1, 0.15) is 29.9 Å². The van der Waals surface area contributed by atoms with Crippen molar-refractivity contribution >= 4 is 17.4 Å². The van der Waals surface area contributed by atoms with Gasteiger partial charge in [-0.15, -0.1) is 0 Å². The van der Waals surface area contributed by atoms with Crippen LogP contribution < -0.4 is 15.4 Å². The molecule has 2 rings (SSSR count). The lowest BCUT2D eigenvalue weighted by atomic mass is 10.2. The molecule has 0 atom stereocenters. The van der Waals surface area contributed by atoms with Crippen LogP contribution in [0, 0.1) is 12.8 Å². The first-order valence-corrected chi connectivity index (χ1v) is 7.51. The highest BCUT2D eigenvalue weighted by Gasteiger charge is 2.09. The number of hydrogen-bond donors (Lipinski definition) is 2. The third kappa shape index (κ3) is 4.67. The summed E-state index contributed by atoms with van der Waals surface area (Å²) in [5.41, 5.74) is 2.21. The number of hydrogen-bond acceptors (Lipinski definition) is 5. The smallest absolute Gasteiger partial charge is 0.271 e. The third-order valence-corrected chi connectivity index (χ3v) is 3.17. The molecular formula is C17H22N4O2. The minimum absolute atomic E-state index is 0.217. The Morgan fingerprint density at radius 3 is 2.65 bits per heavy atom. The van der Waals surface area contributed by atoms with Crippen molar-refractivity contribution in [1.82, 2.24) is 15.3 Å². The summed E-state index contributed by atoms with van der Waals surface area (Å²) >= 11 is 0. The quantitative estimate of drug-likeness (QED) is 0.857. The second kappa shape index (κ2) is 7.58. The first-order chi connectivity index (χ1) is 11.0. The lowest BCUT2D eigenvalue weighted by Gasteiger charge is -2.11. The summed E-state index contributed by atoms with van der Waals surface area (Å²) in [6.45, 7) is 6.68. The van der Waals surface area contributed by atoms with Crippen LogP contribution in [-0.2, 0) is 0 Å². The lowest BCUT2D eigenvalue weighted by molar-refractivity contribution is 0.0943. The Bertz CT molecular complexity index is 669. The summed E-state index contributed by atoms with van der Waals surface area (Å²) in [7, 11) is 1.61. The summed E-state index contributed by atoms with van der Waals surface area (Å²) in [5.74, 6) is 1.44. The molecule has 2 N–H and O–H groups in total. The topological polar surface area (TPSA) is 76.1 Å². The highest BCUT2D eigenvalue weighted by molar-refractivity contribution is 5.92. The van der Waals surface area contributed by atoms with Gasteiger partial charge in [0.1, 0.15) is 17.3 Å². The van der Waals surface area contributed by atoms with Crippen molar-refractivity contribution < 1.29 is 9.53 Å². The fraction of sp³-hybridized carbons (Fsp3) is 0.353. The van der Waals surface area contributed by atoms with Crippen LogP contribution in [0.5, 0.6) is 5.75 Å². The highest BCUT2D eigenvalue weighted by Crippen LogP contribution is 2.27. The molecule has 0 saturated heterocycles. The van der Waals surface area contributed by atoms with E-state index in [1.54, 1.807) is 7.11 Å². The standard InChI is InChI=1S/C17H22N4O2/c1-11(2)8-20-17(22)14-9-19-16(10-18-14)21-13-7-12(3)5-6-15(13)23-4/h5-7,9-11H,8H2,1-4H3,(H,19,21)(H,20,22). The van der Waals surface area contributed by atoms with E-state index in [9.17, 15) is 4.79 Å². The van der Waals surface area contributed by atoms with Gasteiger partial charge in [-0.2, -0.15) is 0 Å². The van der Waals surface area contributed by atoms with Gasteiger partial charge in [-0.25, -0.2) is 9.97 Å². The molecule has 0 radical (unpaired) electrons. The van der Waals surface area contributed by atoms with Crippen molar-refractivity contribution in [2.75, 3.05) is 19.0 Å². The van der Waals surface area contributed by atoms with E-state index in [2.05, 4.69) is 20.6 Å². The van der Waals surface area contributed by atoms with Crippen LogP contribution in [0.3, 0.4) is 0 Å². The van der Waals surface area contributed by atoms with Crippen LogP contribution in [0.25, 0.3) is 0 Å². The molecule has 0 aliphatic carbocycles. The zero-order chi connectivity index (χ0) is 16.8. The molecular weight excluding hydrogens is 292 g/mol. The Morgan fingerprint density at radius 1 is 1.26 bits per heavy atom. The average Bonchev–Trinajstić information content (AvgIpc) is 2.53. The number of nitrogens with one attached hydrogen (secondary N) is 2. The molecule has 0 bridgehead atoms. The molecule has 0 aliphatic rings. The van der Waals surface area contributed by atoms with E-state index < -0.39 is 0 Å². The van der Waals surface area contributed by atoms with Gasteiger partial charge < -0.3 is 15.4 Å². The predicted molar refractivity (Wildman–Crippen MR) is 90.2 cm³/mol. The molecule has 1 aromatic carbocycles. The fourth-order valence-corrected chi connectivity index (χ4v) is 1.95. The molecule has 1 heterocycles. The van der Waals surface area contributed by atoms with E-state index in [4.69, 9.17) is 4.74 Å². The van der Waals surface area contributed by atoms with Crippen molar-refractivity contribution in [1.29, 1.82) is 0 Å². The normalized spacial score (nSPS) is 10.5. The lowest BCUT2D eigenvalue weighted by Crippen LogP contribution is -2.28. The van der Waals surface area contributed by atoms with Crippen molar-refractivity contribution in [3.8, 4) is 5.75 Å². The maximum atomic E-state index is 11.9. The van der Waals surface area contributed by atoms with E-state index in [1.165, 1.54) is 12.4 Å². The van der Waals surface area contributed by atoms with E-state index in [0.717, 1.165) is 17.0 Å². The minimum atomic E-state index is -0.217. The Labute approximate surface area is 136 Å². The number of aryl methyl sites for hydroxylation is 1. The van der Waals surface area contributed by atoms with Crippen molar-refractivity contribution in [2.45, 2.75) is 20.8 Å². The second-order valence-corrected chi connectivity index (χ2v) is 5.72. The van der Waals surface area contributed by atoms with Crippen molar-refractivity contribution in [3.05, 3.63) is 41.9 Å². The predicted octanol–water partition coefficient (Wildman–Crippen LogP) is 2.92. The molecule has 0 spiro atoms. The van der Waals surface area contributed by atoms with Crippen LogP contribution in [0.4, 0.5) is 11.5 Å². The van der Waals surface area contributed by atoms with E-state index >= 15 is 0 Å². The van der Waals surface area contributed by atoms with Gasteiger partial charge in [0.15, 0.2) is 0 Å². The van der Waals surface area contributed by atoms with Gasteiger partial charge in [0.25, 0.3) is 5.91 Å². The molecule has 23 heavy (non-hydrogen) atoms. The number of anilines is 2. The van der Waals surface area contributed by atoms with Crippen LogP contribution >= 0.6 is 0 Å². The Hall–Kier alpha value is -2.63. The minimum Gasteiger partial charge on any atom is -0.495 e. The van der Waals surface area contributed by atoms with Gasteiger partial charge in [-0.3, -0.25) is 4.79 Å². The number of nitrogens with zero attached hydrogens (tertiary/aromatic N) is 2. The van der Waals surface area contributed by atoms with Gasteiger partial charge >= 0.3 is 0 Å². The van der Waals surface area contributed by atoms with Gasteiger partial charge in [0, 0.05) is 6.54 Å². The number of benzene rings is 1. The summed E-state index contributed by atoms with van der Waals surface area (Å²) in [4.78, 5) is 20.3. The zero-order valence-corrected chi connectivity index (χ0v) is 13.9. The highest BCUT2D eigenvalue weighted by atomic mass is 16.5. The molecule has 6 heteroatoms. The molecule has 122 valence electrons. The molecule has 2 aromatic rings. The monoisotopic (exact) mass is 314 g/mol. The first-order valence-electron chi connectivity index (χ1n) is 7.51. The number of amides is 1. The SMILES string of the molecule is COc1ccc(C)cc1Nc1cnc(C(=O)NCC(C)C)cn1. The largest absolute Gasteiger partial charge is 0.495 e. The number of methoxy groups -OCH3 is 1. The Kier molecular flexibility index (Phi) is 5.51. The maximum absolute atomic E-state index is 11.9. The van der Waals surface area contributed by atoms with Gasteiger partial charge in [-0.05, 0) is 30.5 Å². The molecule has 1 amide bonds. The Balaban J connectivity index is 2.08. The first kappa shape index (κ1) is 16.7. The number of carbonyl (C=O) groups is 1. The molecule has 0 fully saturated rings. The Morgan fingerprint density at radius 2 is 2.04 bits per heavy atom. The van der Waals surface area contributed by atoms with Crippen molar-refractivity contribution in [2.24, 2.45) is 5.92 Å². The number of aromatic nitrogens is 2. The van der Waals surface area contributed by atoms with Crippen molar-refractivity contribution in [3.63, 3.8) is 0 Å². The second-order valence-electron chi connectivity index (χ2n) is 5.72. The van der Waals surface area contributed by atoms with Gasteiger partial charge in [0.05, 0.1) is 25.2 Å². The van der Waals surface area contributed by atoms with Gasteiger partial charge in [-0.1, -0.05) is 19.9 Å². The van der Waals surface area contributed by atoms with E-state index in [0.29, 0.717) is 24.0 Å². The molecule has 1 aromatic heterocycles. The molecule has 0 saturated carbocycles. The molecule has 0 aliphatic heterocycles. The zero-order valence-electron chi connectivity index (χ0n) is 13.9. The summed E-state index contributed by atoms with van der Waals surface area (Å²) < 4.78 is 5.31. The van der Waals surface area contributed by atoms with E-state index in [1.807, 2.05) is 39.0 Å². The van der Waals surface area contributed by atoms with Crippen LogP contribution in [0.2, 0.25) is 0 Å². The summed E-state index contributed by atoms with van der Waals surface area (Å²) in [5, 5.41) is 5.96. The maximum Gasteiger partial charge on any atom is 0.271 e. The number of carbonyl (C=O) groups excluding carboxylic acids is 1.